The van der Waals surface area contributed by atoms with Crippen molar-refractivity contribution in [2.45, 2.75) is 46.5 Å². The van der Waals surface area contributed by atoms with Crippen molar-refractivity contribution in [2.24, 2.45) is 11.8 Å². The molecule has 0 aliphatic rings. The van der Waals surface area contributed by atoms with Crippen molar-refractivity contribution in [3.05, 3.63) is 34.9 Å². The largest absolute Gasteiger partial charge is 0.0840 e. The predicted molar refractivity (Wildman–Crippen MR) is 73.0 cm³/mol. The molecule has 0 spiro atoms. The second kappa shape index (κ2) is 6.96. The van der Waals surface area contributed by atoms with E-state index in [1.807, 2.05) is 12.1 Å². The summed E-state index contributed by atoms with van der Waals surface area (Å²) in [6, 6.07) is 8.19. The fourth-order valence-corrected chi connectivity index (χ4v) is 2.23. The minimum atomic E-state index is 0.735. The van der Waals surface area contributed by atoms with Crippen molar-refractivity contribution in [2.75, 3.05) is 0 Å². The van der Waals surface area contributed by atoms with Gasteiger partial charge in [-0.05, 0) is 29.9 Å². The first-order chi connectivity index (χ1) is 7.59. The molecule has 0 nitrogen and oxygen atoms in total. The molecule has 0 N–H and O–H groups in total. The van der Waals surface area contributed by atoms with Crippen molar-refractivity contribution in [3.8, 4) is 0 Å². The second-order valence-corrected chi connectivity index (χ2v) is 5.63. The lowest BCUT2D eigenvalue weighted by molar-refractivity contribution is 0.456. The third-order valence-corrected chi connectivity index (χ3v) is 3.37. The van der Waals surface area contributed by atoms with Gasteiger partial charge in [0.1, 0.15) is 0 Å². The van der Waals surface area contributed by atoms with Crippen LogP contribution in [0.4, 0.5) is 0 Å². The maximum Gasteiger partial charge on any atom is 0.0438 e. The highest BCUT2D eigenvalue weighted by atomic mass is 35.5. The first kappa shape index (κ1) is 13.6. The van der Waals surface area contributed by atoms with Gasteiger partial charge in [-0.25, -0.2) is 0 Å². The Kier molecular flexibility index (Phi) is 5.90. The predicted octanol–water partition coefficient (Wildman–Crippen LogP) is 5.34. The van der Waals surface area contributed by atoms with Gasteiger partial charge >= 0.3 is 0 Å². The average molecular weight is 239 g/mol. The summed E-state index contributed by atoms with van der Waals surface area (Å²) >= 11 is 6.15. The summed E-state index contributed by atoms with van der Waals surface area (Å²) in [6.45, 7) is 6.90. The van der Waals surface area contributed by atoms with Crippen LogP contribution in [0.25, 0.3) is 0 Å². The normalized spacial score (nSPS) is 13.1. The van der Waals surface area contributed by atoms with Crippen molar-refractivity contribution < 1.29 is 0 Å². The van der Waals surface area contributed by atoms with E-state index in [0.29, 0.717) is 0 Å². The Bertz CT molecular complexity index is 304. The number of benzene rings is 1. The Hall–Kier alpha value is -0.490. The van der Waals surface area contributed by atoms with E-state index in [4.69, 9.17) is 11.6 Å². The molecule has 1 atom stereocenters. The van der Waals surface area contributed by atoms with Crippen LogP contribution in [0.15, 0.2) is 24.3 Å². The molecule has 0 saturated carbocycles. The van der Waals surface area contributed by atoms with E-state index >= 15 is 0 Å². The zero-order valence-corrected chi connectivity index (χ0v) is 11.4. The molecule has 0 heterocycles. The maximum absolute atomic E-state index is 6.15. The van der Waals surface area contributed by atoms with E-state index in [1.165, 1.54) is 24.8 Å². The fourth-order valence-electron chi connectivity index (χ4n) is 2.02. The third-order valence-electron chi connectivity index (χ3n) is 3.00. The maximum atomic E-state index is 6.15. The van der Waals surface area contributed by atoms with E-state index in [-0.39, 0.29) is 0 Å². The van der Waals surface area contributed by atoms with Crippen LogP contribution in [-0.2, 0) is 6.42 Å². The molecule has 1 aromatic rings. The molecule has 0 radical (unpaired) electrons. The lowest BCUT2D eigenvalue weighted by Crippen LogP contribution is -2.01. The summed E-state index contributed by atoms with van der Waals surface area (Å²) in [4.78, 5) is 0. The van der Waals surface area contributed by atoms with Crippen LogP contribution in [0.1, 0.15) is 45.6 Å². The monoisotopic (exact) mass is 238 g/mol. The Morgan fingerprint density at radius 1 is 1.06 bits per heavy atom. The molecule has 0 fully saturated rings. The van der Waals surface area contributed by atoms with Crippen LogP contribution in [-0.4, -0.2) is 0 Å². The lowest BCUT2D eigenvalue weighted by atomic mass is 9.94. The fraction of sp³-hybridized carbons (Fsp3) is 0.600. The van der Waals surface area contributed by atoms with Crippen molar-refractivity contribution in [3.63, 3.8) is 0 Å². The van der Waals surface area contributed by atoms with Gasteiger partial charge in [-0.1, -0.05) is 69.8 Å². The molecule has 1 aromatic carbocycles. The van der Waals surface area contributed by atoms with Crippen molar-refractivity contribution in [1.82, 2.24) is 0 Å². The number of hydrogen-bond donors (Lipinski definition) is 0. The van der Waals surface area contributed by atoms with Gasteiger partial charge in [0.25, 0.3) is 0 Å². The molecule has 0 bridgehead atoms. The van der Waals surface area contributed by atoms with E-state index in [1.54, 1.807) is 0 Å². The minimum Gasteiger partial charge on any atom is -0.0840 e. The molecule has 0 aliphatic carbocycles. The van der Waals surface area contributed by atoms with Gasteiger partial charge in [-0.3, -0.25) is 0 Å². The van der Waals surface area contributed by atoms with Crippen LogP contribution in [0.3, 0.4) is 0 Å². The van der Waals surface area contributed by atoms with Crippen LogP contribution in [0, 0.1) is 11.8 Å². The van der Waals surface area contributed by atoms with E-state index in [2.05, 4.69) is 32.9 Å². The highest BCUT2D eigenvalue weighted by molar-refractivity contribution is 6.31. The lowest BCUT2D eigenvalue weighted by Gasteiger charge is -2.13. The highest BCUT2D eigenvalue weighted by Crippen LogP contribution is 2.21. The number of rotatable bonds is 6. The molecule has 16 heavy (non-hydrogen) atoms. The Balaban J connectivity index is 2.34. The molecular weight excluding hydrogens is 216 g/mol. The van der Waals surface area contributed by atoms with Gasteiger partial charge in [0, 0.05) is 5.02 Å². The molecule has 0 amide bonds. The van der Waals surface area contributed by atoms with Gasteiger partial charge in [0.05, 0.1) is 0 Å². The standard InChI is InChI=1S/C15H23Cl/c1-12(2)7-6-8-13(3)11-14-9-4-5-10-15(14)16/h4-5,9-10,12-13H,6-8,11H2,1-3H3. The molecule has 0 aromatic heterocycles. The zero-order valence-electron chi connectivity index (χ0n) is 10.7. The van der Waals surface area contributed by atoms with Gasteiger partial charge < -0.3 is 0 Å². The zero-order chi connectivity index (χ0) is 12.0. The first-order valence-electron chi connectivity index (χ1n) is 6.33. The summed E-state index contributed by atoms with van der Waals surface area (Å²) < 4.78 is 0. The summed E-state index contributed by atoms with van der Waals surface area (Å²) in [6.07, 6.45) is 5.09. The Labute approximate surface area is 105 Å². The molecular formula is C15H23Cl. The van der Waals surface area contributed by atoms with Crippen LogP contribution in [0.2, 0.25) is 5.02 Å². The SMILES string of the molecule is CC(C)CCCC(C)Cc1ccccc1Cl. The van der Waals surface area contributed by atoms with E-state index in [9.17, 15) is 0 Å². The molecule has 90 valence electrons. The van der Waals surface area contributed by atoms with Gasteiger partial charge in [0.15, 0.2) is 0 Å². The topological polar surface area (TPSA) is 0 Å². The summed E-state index contributed by atoms with van der Waals surface area (Å²) in [5.74, 6) is 1.56. The summed E-state index contributed by atoms with van der Waals surface area (Å²) in [5.41, 5.74) is 1.29. The highest BCUT2D eigenvalue weighted by Gasteiger charge is 2.06. The van der Waals surface area contributed by atoms with Gasteiger partial charge in [-0.2, -0.15) is 0 Å². The van der Waals surface area contributed by atoms with Crippen LogP contribution >= 0.6 is 11.6 Å². The van der Waals surface area contributed by atoms with E-state index in [0.717, 1.165) is 23.3 Å². The van der Waals surface area contributed by atoms with Crippen LogP contribution in [0.5, 0.6) is 0 Å². The molecule has 1 rings (SSSR count). The minimum absolute atomic E-state index is 0.735. The molecule has 0 saturated heterocycles. The molecule has 0 aliphatic heterocycles. The van der Waals surface area contributed by atoms with E-state index < -0.39 is 0 Å². The number of hydrogen-bond acceptors (Lipinski definition) is 0. The average Bonchev–Trinajstić information content (AvgIpc) is 2.21. The quantitative estimate of drug-likeness (QED) is 0.627. The summed E-state index contributed by atoms with van der Waals surface area (Å²) in [5, 5.41) is 0.915. The smallest absolute Gasteiger partial charge is 0.0438 e. The Morgan fingerprint density at radius 2 is 1.75 bits per heavy atom. The van der Waals surface area contributed by atoms with Gasteiger partial charge in [-0.15, -0.1) is 0 Å². The second-order valence-electron chi connectivity index (χ2n) is 5.23. The number of halogens is 1. The molecule has 1 heteroatoms. The molecule has 1 unspecified atom stereocenters. The van der Waals surface area contributed by atoms with Crippen molar-refractivity contribution in [1.29, 1.82) is 0 Å². The summed E-state index contributed by atoms with van der Waals surface area (Å²) in [7, 11) is 0. The van der Waals surface area contributed by atoms with Crippen LogP contribution < -0.4 is 0 Å². The van der Waals surface area contributed by atoms with Gasteiger partial charge in [0.2, 0.25) is 0 Å². The first-order valence-corrected chi connectivity index (χ1v) is 6.70. The Morgan fingerprint density at radius 3 is 2.38 bits per heavy atom. The van der Waals surface area contributed by atoms with Crippen molar-refractivity contribution >= 4 is 11.6 Å². The third kappa shape index (κ3) is 5.03.